The van der Waals surface area contributed by atoms with E-state index in [1.54, 1.807) is 6.92 Å². The van der Waals surface area contributed by atoms with Crippen molar-refractivity contribution in [3.63, 3.8) is 0 Å². The van der Waals surface area contributed by atoms with Crippen LogP contribution in [0.25, 0.3) is 0 Å². The van der Waals surface area contributed by atoms with Gasteiger partial charge in [-0.1, -0.05) is 27.7 Å². The van der Waals surface area contributed by atoms with E-state index in [1.807, 2.05) is 41.5 Å². The first-order valence-corrected chi connectivity index (χ1v) is 9.01. The fourth-order valence-electron chi connectivity index (χ4n) is 1.62. The molecule has 2 unspecified atom stereocenters. The highest BCUT2D eigenvalue weighted by molar-refractivity contribution is 5.76. The zero-order chi connectivity index (χ0) is 20.1. The lowest BCUT2D eigenvalue weighted by atomic mass is 9.89. The van der Waals surface area contributed by atoms with E-state index >= 15 is 0 Å². The molecule has 0 aromatic heterocycles. The molecule has 0 heterocycles. The quantitative estimate of drug-likeness (QED) is 0.601. The summed E-state index contributed by atoms with van der Waals surface area (Å²) in [5, 5.41) is 9.02. The first-order chi connectivity index (χ1) is 11.6. The van der Waals surface area contributed by atoms with Crippen LogP contribution in [0.2, 0.25) is 0 Å². The van der Waals surface area contributed by atoms with Gasteiger partial charge in [0.2, 0.25) is 0 Å². The van der Waals surface area contributed by atoms with Gasteiger partial charge in [-0.3, -0.25) is 9.59 Å². The van der Waals surface area contributed by atoms with Crippen LogP contribution in [0.15, 0.2) is 0 Å². The Bertz CT molecular complexity index is 376. The van der Waals surface area contributed by atoms with E-state index in [-0.39, 0.29) is 18.5 Å². The summed E-state index contributed by atoms with van der Waals surface area (Å²) in [6.07, 6.45) is 1.33. The van der Waals surface area contributed by atoms with Gasteiger partial charge in [0.1, 0.15) is 0 Å². The highest BCUT2D eigenvalue weighted by Crippen LogP contribution is 2.23. The van der Waals surface area contributed by atoms with Crippen molar-refractivity contribution in [1.29, 1.82) is 0 Å². The summed E-state index contributed by atoms with van der Waals surface area (Å²) in [6, 6.07) is 0. The number of hydrogen-bond donors (Lipinski definition) is 1. The molecule has 0 amide bonds. The standard InChI is InChI=1S/C10H20O3.C9H18O3/c1-5-10(4,7-11)9(12)13-6-8(2)3;1-5-9(3,7-12-6-2)8(10)11-4/h8,11H,5-7H2,1-4H3;5-7H2,1-4H3. The number of aliphatic hydroxyl groups excluding tert-OH is 1. The predicted molar refractivity (Wildman–Crippen MR) is 98.2 cm³/mol. The topological polar surface area (TPSA) is 82.1 Å². The van der Waals surface area contributed by atoms with Gasteiger partial charge >= 0.3 is 11.9 Å². The number of rotatable bonds is 10. The monoisotopic (exact) mass is 362 g/mol. The van der Waals surface area contributed by atoms with E-state index in [1.165, 1.54) is 7.11 Å². The third-order valence-corrected chi connectivity index (χ3v) is 4.25. The van der Waals surface area contributed by atoms with Gasteiger partial charge in [-0.15, -0.1) is 0 Å². The zero-order valence-electron chi connectivity index (χ0n) is 17.3. The van der Waals surface area contributed by atoms with Crippen LogP contribution >= 0.6 is 0 Å². The molecule has 25 heavy (non-hydrogen) atoms. The maximum absolute atomic E-state index is 11.4. The van der Waals surface area contributed by atoms with Crippen molar-refractivity contribution in [2.24, 2.45) is 16.7 Å². The van der Waals surface area contributed by atoms with Gasteiger partial charge in [-0.25, -0.2) is 0 Å². The van der Waals surface area contributed by atoms with Crippen molar-refractivity contribution in [1.82, 2.24) is 0 Å². The number of carbonyl (C=O) groups is 2. The first-order valence-electron chi connectivity index (χ1n) is 9.01. The highest BCUT2D eigenvalue weighted by Gasteiger charge is 2.33. The van der Waals surface area contributed by atoms with Crippen LogP contribution in [0, 0.1) is 16.7 Å². The van der Waals surface area contributed by atoms with E-state index in [4.69, 9.17) is 14.6 Å². The molecule has 0 radical (unpaired) electrons. The fourth-order valence-corrected chi connectivity index (χ4v) is 1.62. The average molecular weight is 363 g/mol. The van der Waals surface area contributed by atoms with E-state index in [9.17, 15) is 9.59 Å². The SMILES string of the molecule is CCC(C)(CO)C(=O)OCC(C)C.CCOCC(C)(CC)C(=O)OC. The summed E-state index contributed by atoms with van der Waals surface area (Å²) in [7, 11) is 1.40. The number of methoxy groups -OCH3 is 1. The number of carbonyl (C=O) groups excluding carboxylic acids is 2. The number of hydrogen-bond acceptors (Lipinski definition) is 6. The highest BCUT2D eigenvalue weighted by atomic mass is 16.5. The lowest BCUT2D eigenvalue weighted by Crippen LogP contribution is -2.33. The van der Waals surface area contributed by atoms with Crippen molar-refractivity contribution in [3.8, 4) is 0 Å². The molecule has 6 nitrogen and oxygen atoms in total. The van der Waals surface area contributed by atoms with Crippen LogP contribution in [0.1, 0.15) is 61.3 Å². The third-order valence-electron chi connectivity index (χ3n) is 4.25. The molecular weight excluding hydrogens is 324 g/mol. The van der Waals surface area contributed by atoms with Crippen LogP contribution in [-0.2, 0) is 23.8 Å². The smallest absolute Gasteiger partial charge is 0.314 e. The largest absolute Gasteiger partial charge is 0.469 e. The Kier molecular flexibility index (Phi) is 13.7. The first kappa shape index (κ1) is 26.1. The van der Waals surface area contributed by atoms with Gasteiger partial charge in [0.15, 0.2) is 0 Å². The van der Waals surface area contributed by atoms with E-state index in [0.29, 0.717) is 32.2 Å². The van der Waals surface area contributed by atoms with Gasteiger partial charge in [0.05, 0.1) is 37.8 Å². The predicted octanol–water partition coefficient (Wildman–Crippen LogP) is 3.21. The molecule has 0 aromatic carbocycles. The van der Waals surface area contributed by atoms with Gasteiger partial charge < -0.3 is 19.3 Å². The molecule has 0 aliphatic heterocycles. The van der Waals surface area contributed by atoms with Crippen molar-refractivity contribution >= 4 is 11.9 Å². The summed E-state index contributed by atoms with van der Waals surface area (Å²) < 4.78 is 14.9. The Morgan fingerprint density at radius 1 is 1.00 bits per heavy atom. The maximum Gasteiger partial charge on any atom is 0.314 e. The van der Waals surface area contributed by atoms with Crippen LogP contribution < -0.4 is 0 Å². The molecule has 0 bridgehead atoms. The Balaban J connectivity index is 0. The van der Waals surface area contributed by atoms with Gasteiger partial charge in [0, 0.05) is 6.61 Å². The van der Waals surface area contributed by atoms with Crippen molar-refractivity contribution in [2.75, 3.05) is 33.5 Å². The third kappa shape index (κ3) is 9.80. The van der Waals surface area contributed by atoms with Crippen LogP contribution in [0.5, 0.6) is 0 Å². The summed E-state index contributed by atoms with van der Waals surface area (Å²) in [5.74, 6) is -0.159. The Hall–Kier alpha value is -1.14. The van der Waals surface area contributed by atoms with E-state index < -0.39 is 10.8 Å². The molecule has 0 aromatic rings. The van der Waals surface area contributed by atoms with E-state index in [0.717, 1.165) is 6.42 Å². The van der Waals surface area contributed by atoms with Crippen molar-refractivity contribution in [3.05, 3.63) is 0 Å². The minimum absolute atomic E-state index is 0.152. The fraction of sp³-hybridized carbons (Fsp3) is 0.895. The minimum atomic E-state index is -0.727. The summed E-state index contributed by atoms with van der Waals surface area (Å²) in [4.78, 5) is 22.7. The van der Waals surface area contributed by atoms with Gasteiger partial charge in [0.25, 0.3) is 0 Å². The number of esters is 2. The van der Waals surface area contributed by atoms with Crippen molar-refractivity contribution in [2.45, 2.75) is 61.3 Å². The van der Waals surface area contributed by atoms with Crippen molar-refractivity contribution < 1.29 is 28.9 Å². The molecule has 150 valence electrons. The lowest BCUT2D eigenvalue weighted by molar-refractivity contribution is -0.158. The summed E-state index contributed by atoms with van der Waals surface area (Å²) in [5.41, 5.74) is -1.21. The number of aliphatic hydroxyl groups is 1. The van der Waals surface area contributed by atoms with Crippen LogP contribution in [0.4, 0.5) is 0 Å². The molecule has 1 N–H and O–H groups in total. The molecule has 0 saturated heterocycles. The molecule has 2 atom stereocenters. The minimum Gasteiger partial charge on any atom is -0.469 e. The second kappa shape index (κ2) is 13.1. The Labute approximate surface area is 153 Å². The molecule has 6 heteroatoms. The Morgan fingerprint density at radius 3 is 1.84 bits per heavy atom. The summed E-state index contributed by atoms with van der Waals surface area (Å²) >= 11 is 0. The zero-order valence-corrected chi connectivity index (χ0v) is 17.3. The molecule has 0 spiro atoms. The van der Waals surface area contributed by atoms with Crippen LogP contribution in [-0.4, -0.2) is 50.6 Å². The second-order valence-corrected chi connectivity index (χ2v) is 7.11. The van der Waals surface area contributed by atoms with E-state index in [2.05, 4.69) is 4.74 Å². The average Bonchev–Trinajstić information content (AvgIpc) is 2.62. The second-order valence-electron chi connectivity index (χ2n) is 7.11. The lowest BCUT2D eigenvalue weighted by Gasteiger charge is -2.24. The van der Waals surface area contributed by atoms with Gasteiger partial charge in [-0.2, -0.15) is 0 Å². The molecular formula is C19H38O6. The molecule has 0 aliphatic carbocycles. The number of ether oxygens (including phenoxy) is 3. The van der Waals surface area contributed by atoms with Gasteiger partial charge in [-0.05, 0) is 39.5 Å². The maximum atomic E-state index is 11.4. The normalized spacial score (nSPS) is 15.4. The Morgan fingerprint density at radius 2 is 1.52 bits per heavy atom. The molecule has 0 saturated carbocycles. The summed E-state index contributed by atoms with van der Waals surface area (Å²) in [6.45, 7) is 14.6. The van der Waals surface area contributed by atoms with Crippen LogP contribution in [0.3, 0.4) is 0 Å². The molecule has 0 fully saturated rings. The molecule has 0 rings (SSSR count). The molecule has 0 aliphatic rings.